The van der Waals surface area contributed by atoms with Crippen LogP contribution in [0.2, 0.25) is 0 Å². The zero-order valence-electron chi connectivity index (χ0n) is 13.2. The third kappa shape index (κ3) is 4.40. The van der Waals surface area contributed by atoms with E-state index in [-0.39, 0.29) is 17.3 Å². The van der Waals surface area contributed by atoms with Gasteiger partial charge in [0, 0.05) is 16.1 Å². The summed E-state index contributed by atoms with van der Waals surface area (Å²) < 4.78 is 6.67. The van der Waals surface area contributed by atoms with Crippen molar-refractivity contribution in [1.29, 1.82) is 5.26 Å². The predicted molar refractivity (Wildman–Crippen MR) is 97.3 cm³/mol. The molecule has 25 heavy (non-hydrogen) atoms. The minimum Gasteiger partial charge on any atom is -0.510 e. The summed E-state index contributed by atoms with van der Waals surface area (Å²) >= 11 is 3.36. The van der Waals surface area contributed by atoms with Gasteiger partial charge in [0.1, 0.15) is 23.3 Å². The van der Waals surface area contributed by atoms with Crippen LogP contribution >= 0.6 is 15.9 Å². The molecular formula is C19H15BrN2O3. The SMILES string of the molecule is N#CC(C(=O)Nc1ccc(Oc2ccc(Br)cc2)cc1)=C(O)C1CC1. The van der Waals surface area contributed by atoms with Gasteiger partial charge in [0.05, 0.1) is 0 Å². The highest BCUT2D eigenvalue weighted by Crippen LogP contribution is 2.36. The van der Waals surface area contributed by atoms with E-state index in [9.17, 15) is 9.90 Å². The van der Waals surface area contributed by atoms with Crippen LogP contribution in [0, 0.1) is 17.2 Å². The molecule has 1 fully saturated rings. The maximum Gasteiger partial charge on any atom is 0.269 e. The van der Waals surface area contributed by atoms with Crippen molar-refractivity contribution < 1.29 is 14.6 Å². The lowest BCUT2D eigenvalue weighted by Crippen LogP contribution is -2.15. The number of aliphatic hydroxyl groups excluding tert-OH is 1. The first-order valence-corrected chi connectivity index (χ1v) is 8.54. The van der Waals surface area contributed by atoms with Gasteiger partial charge in [0.2, 0.25) is 0 Å². The molecule has 2 aromatic carbocycles. The zero-order valence-corrected chi connectivity index (χ0v) is 14.8. The van der Waals surface area contributed by atoms with Crippen LogP contribution in [-0.2, 0) is 4.79 Å². The average Bonchev–Trinajstić information content (AvgIpc) is 3.44. The quantitative estimate of drug-likeness (QED) is 0.425. The normalized spacial score (nSPS) is 14.2. The maximum atomic E-state index is 12.1. The van der Waals surface area contributed by atoms with Crippen LogP contribution < -0.4 is 10.1 Å². The molecule has 0 atom stereocenters. The van der Waals surface area contributed by atoms with Gasteiger partial charge in [-0.15, -0.1) is 0 Å². The van der Waals surface area contributed by atoms with E-state index in [1.54, 1.807) is 30.3 Å². The van der Waals surface area contributed by atoms with Gasteiger partial charge in [-0.25, -0.2) is 0 Å². The Morgan fingerprint density at radius 1 is 1.12 bits per heavy atom. The molecular weight excluding hydrogens is 384 g/mol. The molecule has 1 saturated carbocycles. The third-order valence-corrected chi connectivity index (χ3v) is 4.25. The molecule has 0 heterocycles. The van der Waals surface area contributed by atoms with Crippen molar-refractivity contribution in [3.05, 3.63) is 64.3 Å². The van der Waals surface area contributed by atoms with Crippen LogP contribution in [0.25, 0.3) is 0 Å². The molecule has 0 aliphatic heterocycles. The van der Waals surface area contributed by atoms with Crippen molar-refractivity contribution >= 4 is 27.5 Å². The number of halogens is 1. The number of hydrogen-bond acceptors (Lipinski definition) is 4. The Morgan fingerprint density at radius 3 is 2.20 bits per heavy atom. The van der Waals surface area contributed by atoms with Crippen molar-refractivity contribution in [2.75, 3.05) is 5.32 Å². The van der Waals surface area contributed by atoms with Crippen LogP contribution in [0.4, 0.5) is 5.69 Å². The molecule has 1 amide bonds. The summed E-state index contributed by atoms with van der Waals surface area (Å²) in [7, 11) is 0. The molecule has 2 N–H and O–H groups in total. The molecule has 0 aromatic heterocycles. The summed E-state index contributed by atoms with van der Waals surface area (Å²) in [6, 6.07) is 16.0. The molecule has 1 aliphatic rings. The highest BCUT2D eigenvalue weighted by atomic mass is 79.9. The Hall–Kier alpha value is -2.78. The van der Waals surface area contributed by atoms with E-state index in [4.69, 9.17) is 10.00 Å². The summed E-state index contributed by atoms with van der Waals surface area (Å²) in [4.78, 5) is 12.1. The van der Waals surface area contributed by atoms with Crippen molar-refractivity contribution in [2.24, 2.45) is 5.92 Å². The number of hydrogen-bond donors (Lipinski definition) is 2. The fourth-order valence-electron chi connectivity index (χ4n) is 2.22. The van der Waals surface area contributed by atoms with E-state index >= 15 is 0 Å². The van der Waals surface area contributed by atoms with Gasteiger partial charge < -0.3 is 15.2 Å². The Bertz CT molecular complexity index is 848. The van der Waals surface area contributed by atoms with Gasteiger partial charge in [-0.05, 0) is 61.4 Å². The van der Waals surface area contributed by atoms with Crippen molar-refractivity contribution in [3.63, 3.8) is 0 Å². The molecule has 2 aromatic rings. The summed E-state index contributed by atoms with van der Waals surface area (Å²) in [6.45, 7) is 0. The number of amides is 1. The van der Waals surface area contributed by atoms with Crippen molar-refractivity contribution in [1.82, 2.24) is 0 Å². The zero-order chi connectivity index (χ0) is 17.8. The molecule has 1 aliphatic carbocycles. The highest BCUT2D eigenvalue weighted by molar-refractivity contribution is 9.10. The number of nitrogens with zero attached hydrogens (tertiary/aromatic N) is 1. The maximum absolute atomic E-state index is 12.1. The monoisotopic (exact) mass is 398 g/mol. The van der Waals surface area contributed by atoms with Gasteiger partial charge in [-0.3, -0.25) is 4.79 Å². The molecule has 3 rings (SSSR count). The smallest absolute Gasteiger partial charge is 0.269 e. The van der Waals surface area contributed by atoms with Crippen molar-refractivity contribution in [2.45, 2.75) is 12.8 Å². The minimum absolute atomic E-state index is 0.0536. The summed E-state index contributed by atoms with van der Waals surface area (Å²) in [5.41, 5.74) is 0.294. The lowest BCUT2D eigenvalue weighted by Gasteiger charge is -2.08. The number of carbonyl (C=O) groups is 1. The average molecular weight is 399 g/mol. The van der Waals surface area contributed by atoms with Gasteiger partial charge in [-0.2, -0.15) is 5.26 Å². The number of anilines is 1. The largest absolute Gasteiger partial charge is 0.510 e. The van der Waals surface area contributed by atoms with Crippen LogP contribution in [0.1, 0.15) is 12.8 Å². The Labute approximate surface area is 153 Å². The number of aliphatic hydroxyl groups is 1. The molecule has 6 heteroatoms. The highest BCUT2D eigenvalue weighted by Gasteiger charge is 2.30. The van der Waals surface area contributed by atoms with Crippen LogP contribution in [0.15, 0.2) is 64.3 Å². The number of allylic oxidation sites excluding steroid dienone is 1. The number of benzene rings is 2. The van der Waals surface area contributed by atoms with Crippen LogP contribution in [0.3, 0.4) is 0 Å². The first-order valence-electron chi connectivity index (χ1n) is 7.75. The van der Waals surface area contributed by atoms with Crippen LogP contribution in [0.5, 0.6) is 11.5 Å². The lowest BCUT2D eigenvalue weighted by atomic mass is 10.1. The van der Waals surface area contributed by atoms with Gasteiger partial charge in [0.25, 0.3) is 5.91 Å². The number of nitriles is 1. The van der Waals surface area contributed by atoms with E-state index in [2.05, 4.69) is 21.2 Å². The molecule has 0 radical (unpaired) electrons. The molecule has 126 valence electrons. The number of rotatable bonds is 5. The third-order valence-electron chi connectivity index (χ3n) is 3.72. The minimum atomic E-state index is -0.603. The van der Waals surface area contributed by atoms with E-state index in [0.717, 1.165) is 17.3 Å². The molecule has 0 spiro atoms. The Morgan fingerprint density at radius 2 is 1.68 bits per heavy atom. The second-order valence-electron chi connectivity index (χ2n) is 5.68. The second kappa shape index (κ2) is 7.41. The van der Waals surface area contributed by atoms with E-state index in [0.29, 0.717) is 17.2 Å². The topological polar surface area (TPSA) is 82.4 Å². The summed E-state index contributed by atoms with van der Waals surface area (Å²) in [6.07, 6.45) is 1.62. The summed E-state index contributed by atoms with van der Waals surface area (Å²) in [5, 5.41) is 21.6. The predicted octanol–water partition coefficient (Wildman–Crippen LogP) is 4.93. The first kappa shape index (κ1) is 17.1. The molecule has 0 saturated heterocycles. The summed E-state index contributed by atoms with van der Waals surface area (Å²) in [5.74, 6) is 0.548. The van der Waals surface area contributed by atoms with Crippen molar-refractivity contribution in [3.8, 4) is 17.6 Å². The molecule has 0 bridgehead atoms. The lowest BCUT2D eigenvalue weighted by molar-refractivity contribution is -0.112. The van der Waals surface area contributed by atoms with Gasteiger partial charge >= 0.3 is 0 Å². The second-order valence-corrected chi connectivity index (χ2v) is 6.60. The number of ether oxygens (including phenoxy) is 1. The number of carbonyl (C=O) groups excluding carboxylic acids is 1. The Kier molecular flexibility index (Phi) is 5.05. The van der Waals surface area contributed by atoms with E-state index in [1.165, 1.54) is 0 Å². The molecule has 5 nitrogen and oxygen atoms in total. The van der Waals surface area contributed by atoms with Crippen LogP contribution in [-0.4, -0.2) is 11.0 Å². The van der Waals surface area contributed by atoms with Gasteiger partial charge in [0.15, 0.2) is 5.57 Å². The van der Waals surface area contributed by atoms with E-state index in [1.807, 2.05) is 24.3 Å². The Balaban J connectivity index is 1.66. The fourth-order valence-corrected chi connectivity index (χ4v) is 2.49. The fraction of sp³-hybridized carbons (Fsp3) is 0.158. The van der Waals surface area contributed by atoms with Gasteiger partial charge in [-0.1, -0.05) is 15.9 Å². The standard InChI is InChI=1S/C19H15BrN2O3/c20-13-3-7-15(8-4-13)25-16-9-5-14(6-10-16)22-19(24)17(11-21)18(23)12-1-2-12/h3-10,12,23H,1-2H2,(H,22,24). The number of nitrogens with one attached hydrogen (secondary N) is 1. The van der Waals surface area contributed by atoms with E-state index < -0.39 is 5.91 Å². The first-order chi connectivity index (χ1) is 12.1. The molecule has 0 unspecified atom stereocenters.